The SMILES string of the molecule is CCc1nc(CN2C(=O)N[C@@](C)(CCc3ccccc3)C2=O)cs1. The van der Waals surface area contributed by atoms with E-state index in [4.69, 9.17) is 0 Å². The molecule has 3 amide bonds. The molecule has 6 heteroatoms. The Morgan fingerprint density at radius 3 is 2.67 bits per heavy atom. The Hall–Kier alpha value is -2.21. The molecule has 1 atom stereocenters. The number of urea groups is 1. The molecule has 5 nitrogen and oxygen atoms in total. The second-order valence-corrected chi connectivity index (χ2v) is 7.17. The van der Waals surface area contributed by atoms with Gasteiger partial charge < -0.3 is 5.32 Å². The highest BCUT2D eigenvalue weighted by molar-refractivity contribution is 7.09. The molecule has 1 aromatic carbocycles. The van der Waals surface area contributed by atoms with E-state index in [2.05, 4.69) is 10.3 Å². The smallest absolute Gasteiger partial charge is 0.323 e. The van der Waals surface area contributed by atoms with Gasteiger partial charge >= 0.3 is 6.03 Å². The average Bonchev–Trinajstić information content (AvgIpc) is 3.13. The number of hydrogen-bond donors (Lipinski definition) is 1. The molecule has 2 heterocycles. The maximum Gasteiger partial charge on any atom is 0.325 e. The fraction of sp³-hybridized carbons (Fsp3) is 0.389. The molecule has 1 N–H and O–H groups in total. The molecule has 2 aromatic rings. The summed E-state index contributed by atoms with van der Waals surface area (Å²) in [4.78, 5) is 30.7. The first kappa shape index (κ1) is 16.6. The third kappa shape index (κ3) is 3.33. The average molecular weight is 343 g/mol. The van der Waals surface area contributed by atoms with Crippen molar-refractivity contribution in [3.8, 4) is 0 Å². The van der Waals surface area contributed by atoms with Crippen LogP contribution < -0.4 is 5.32 Å². The van der Waals surface area contributed by atoms with Crippen LogP contribution in [0.3, 0.4) is 0 Å². The molecule has 24 heavy (non-hydrogen) atoms. The maximum atomic E-state index is 12.8. The maximum absolute atomic E-state index is 12.8. The van der Waals surface area contributed by atoms with Crippen molar-refractivity contribution in [2.75, 3.05) is 0 Å². The van der Waals surface area contributed by atoms with Crippen LogP contribution in [0.4, 0.5) is 4.79 Å². The lowest BCUT2D eigenvalue weighted by Crippen LogP contribution is -2.44. The third-order valence-electron chi connectivity index (χ3n) is 4.32. The molecule has 0 saturated carbocycles. The van der Waals surface area contributed by atoms with Crippen LogP contribution in [0.15, 0.2) is 35.7 Å². The second-order valence-electron chi connectivity index (χ2n) is 6.23. The standard InChI is InChI=1S/C18H21N3O2S/c1-3-15-19-14(12-24-15)11-21-16(22)18(2,20-17(21)23)10-9-13-7-5-4-6-8-13/h4-8,12H,3,9-11H2,1-2H3,(H,20,23)/t18-/m0/s1. The van der Waals surface area contributed by atoms with Gasteiger partial charge in [-0.25, -0.2) is 9.78 Å². The Kier molecular flexibility index (Phi) is 4.66. The van der Waals surface area contributed by atoms with Crippen molar-refractivity contribution in [3.05, 3.63) is 52.0 Å². The predicted molar refractivity (Wildman–Crippen MR) is 93.7 cm³/mol. The first-order chi connectivity index (χ1) is 11.5. The highest BCUT2D eigenvalue weighted by Crippen LogP contribution is 2.25. The van der Waals surface area contributed by atoms with Gasteiger partial charge in [0.2, 0.25) is 0 Å². The van der Waals surface area contributed by atoms with Crippen molar-refractivity contribution in [1.82, 2.24) is 15.2 Å². The van der Waals surface area contributed by atoms with E-state index in [0.717, 1.165) is 29.1 Å². The van der Waals surface area contributed by atoms with Gasteiger partial charge in [0.15, 0.2) is 0 Å². The minimum Gasteiger partial charge on any atom is -0.323 e. The molecule has 3 rings (SSSR count). The summed E-state index contributed by atoms with van der Waals surface area (Å²) in [6.07, 6.45) is 2.18. The van der Waals surface area contributed by atoms with Gasteiger partial charge in [-0.15, -0.1) is 11.3 Å². The second kappa shape index (κ2) is 6.73. The predicted octanol–water partition coefficient (Wildman–Crippen LogP) is 3.15. The first-order valence-electron chi connectivity index (χ1n) is 8.13. The molecule has 0 radical (unpaired) electrons. The van der Waals surface area contributed by atoms with E-state index in [-0.39, 0.29) is 18.5 Å². The highest BCUT2D eigenvalue weighted by Gasteiger charge is 2.47. The Morgan fingerprint density at radius 2 is 2.00 bits per heavy atom. The Balaban J connectivity index is 1.68. The normalized spacial score (nSPS) is 20.5. The van der Waals surface area contributed by atoms with Crippen LogP contribution in [0.1, 0.15) is 36.5 Å². The lowest BCUT2D eigenvalue weighted by Gasteiger charge is -2.21. The molecule has 1 aromatic heterocycles. The number of imide groups is 1. The van der Waals surface area contributed by atoms with Gasteiger partial charge in [-0.05, 0) is 31.7 Å². The zero-order valence-electron chi connectivity index (χ0n) is 13.9. The zero-order chi connectivity index (χ0) is 17.2. The molecule has 1 aliphatic rings. The number of nitrogens with zero attached hydrogens (tertiary/aromatic N) is 2. The van der Waals surface area contributed by atoms with Crippen molar-refractivity contribution in [2.24, 2.45) is 0 Å². The van der Waals surface area contributed by atoms with Gasteiger partial charge in [-0.1, -0.05) is 37.3 Å². The van der Waals surface area contributed by atoms with E-state index in [1.54, 1.807) is 18.3 Å². The summed E-state index contributed by atoms with van der Waals surface area (Å²) in [6, 6.07) is 9.66. The molecular formula is C18H21N3O2S. The lowest BCUT2D eigenvalue weighted by atomic mass is 9.93. The molecule has 0 aliphatic carbocycles. The molecule has 0 unspecified atom stereocenters. The van der Waals surface area contributed by atoms with Crippen LogP contribution in [-0.2, 0) is 24.2 Å². The molecule has 1 fully saturated rings. The fourth-order valence-electron chi connectivity index (χ4n) is 2.85. The summed E-state index contributed by atoms with van der Waals surface area (Å²) >= 11 is 1.56. The van der Waals surface area contributed by atoms with Crippen molar-refractivity contribution < 1.29 is 9.59 Å². The minimum atomic E-state index is -0.851. The van der Waals surface area contributed by atoms with Gasteiger partial charge in [-0.2, -0.15) is 0 Å². The molecule has 1 saturated heterocycles. The van der Waals surface area contributed by atoms with Gasteiger partial charge in [0.25, 0.3) is 5.91 Å². The van der Waals surface area contributed by atoms with E-state index in [0.29, 0.717) is 6.42 Å². The lowest BCUT2D eigenvalue weighted by molar-refractivity contribution is -0.131. The van der Waals surface area contributed by atoms with Gasteiger partial charge in [0, 0.05) is 5.38 Å². The number of rotatable bonds is 6. The summed E-state index contributed by atoms with van der Waals surface area (Å²) in [5, 5.41) is 5.79. The number of aromatic nitrogens is 1. The number of carbonyl (C=O) groups is 2. The number of benzene rings is 1. The molecular weight excluding hydrogens is 322 g/mol. The summed E-state index contributed by atoms with van der Waals surface area (Å²) in [5.41, 5.74) is 1.08. The number of aryl methyl sites for hydroxylation is 2. The zero-order valence-corrected chi connectivity index (χ0v) is 14.7. The summed E-state index contributed by atoms with van der Waals surface area (Å²) in [6.45, 7) is 4.08. The Morgan fingerprint density at radius 1 is 1.25 bits per heavy atom. The highest BCUT2D eigenvalue weighted by atomic mass is 32.1. The van der Waals surface area contributed by atoms with Gasteiger partial charge in [0.05, 0.1) is 17.2 Å². The summed E-state index contributed by atoms with van der Waals surface area (Å²) in [5.74, 6) is -0.172. The van der Waals surface area contributed by atoms with Crippen LogP contribution in [0, 0.1) is 0 Å². The van der Waals surface area contributed by atoms with Gasteiger partial charge in [-0.3, -0.25) is 9.69 Å². The third-order valence-corrected chi connectivity index (χ3v) is 5.37. The largest absolute Gasteiger partial charge is 0.325 e. The van der Waals surface area contributed by atoms with Crippen LogP contribution in [0.25, 0.3) is 0 Å². The van der Waals surface area contributed by atoms with Gasteiger partial charge in [0.1, 0.15) is 5.54 Å². The number of carbonyl (C=O) groups excluding carboxylic acids is 2. The number of hydrogen-bond acceptors (Lipinski definition) is 4. The van der Waals surface area contributed by atoms with E-state index >= 15 is 0 Å². The van der Waals surface area contributed by atoms with Crippen LogP contribution in [0.2, 0.25) is 0 Å². The molecule has 0 spiro atoms. The first-order valence-corrected chi connectivity index (χ1v) is 9.01. The Labute approximate surface area is 145 Å². The number of nitrogens with one attached hydrogen (secondary N) is 1. The Bertz CT molecular complexity index is 744. The molecule has 1 aliphatic heterocycles. The van der Waals surface area contributed by atoms with Crippen LogP contribution in [-0.4, -0.2) is 27.4 Å². The topological polar surface area (TPSA) is 62.3 Å². The molecule has 126 valence electrons. The van der Waals surface area contributed by atoms with E-state index in [9.17, 15) is 9.59 Å². The van der Waals surface area contributed by atoms with Crippen LogP contribution in [0.5, 0.6) is 0 Å². The van der Waals surface area contributed by atoms with Crippen LogP contribution >= 0.6 is 11.3 Å². The quantitative estimate of drug-likeness (QED) is 0.820. The van der Waals surface area contributed by atoms with Crippen molar-refractivity contribution in [1.29, 1.82) is 0 Å². The number of thiazole rings is 1. The van der Waals surface area contributed by atoms with E-state index in [1.165, 1.54) is 4.90 Å². The summed E-state index contributed by atoms with van der Waals surface area (Å²) in [7, 11) is 0. The number of amides is 3. The van der Waals surface area contributed by atoms with E-state index in [1.807, 2.05) is 42.6 Å². The van der Waals surface area contributed by atoms with E-state index < -0.39 is 5.54 Å². The van der Waals surface area contributed by atoms with Crippen molar-refractivity contribution in [3.63, 3.8) is 0 Å². The minimum absolute atomic E-state index is 0.172. The molecule has 0 bridgehead atoms. The van der Waals surface area contributed by atoms with Crippen molar-refractivity contribution >= 4 is 23.3 Å². The monoisotopic (exact) mass is 343 g/mol. The summed E-state index contributed by atoms with van der Waals surface area (Å²) < 4.78 is 0. The van der Waals surface area contributed by atoms with Crippen molar-refractivity contribution in [2.45, 2.75) is 45.2 Å². The fourth-order valence-corrected chi connectivity index (χ4v) is 3.58.